The summed E-state index contributed by atoms with van der Waals surface area (Å²) >= 11 is 1.40. The molecule has 5 heteroatoms. The molecule has 1 heterocycles. The summed E-state index contributed by atoms with van der Waals surface area (Å²) in [5.74, 6) is 1.77. The SMILES string of the molecule is CC(C)c1nsc(NCC(N)C(C)C)n1. The highest BCUT2D eigenvalue weighted by atomic mass is 32.1. The van der Waals surface area contributed by atoms with Crippen molar-refractivity contribution in [2.45, 2.75) is 39.7 Å². The van der Waals surface area contributed by atoms with Crippen LogP contribution in [0.4, 0.5) is 5.13 Å². The predicted octanol–water partition coefficient (Wildman–Crippen LogP) is 2.06. The average molecular weight is 228 g/mol. The Morgan fingerprint density at radius 1 is 1.33 bits per heavy atom. The Hall–Kier alpha value is -0.680. The van der Waals surface area contributed by atoms with E-state index in [2.05, 4.69) is 42.4 Å². The van der Waals surface area contributed by atoms with Crippen molar-refractivity contribution in [3.8, 4) is 0 Å². The van der Waals surface area contributed by atoms with Crippen molar-refractivity contribution in [3.63, 3.8) is 0 Å². The lowest BCUT2D eigenvalue weighted by Crippen LogP contribution is -2.33. The van der Waals surface area contributed by atoms with Crippen LogP contribution in [0.1, 0.15) is 39.4 Å². The number of nitrogens with one attached hydrogen (secondary N) is 1. The van der Waals surface area contributed by atoms with Crippen LogP contribution in [0.2, 0.25) is 0 Å². The minimum Gasteiger partial charge on any atom is -0.359 e. The van der Waals surface area contributed by atoms with Crippen molar-refractivity contribution in [2.24, 2.45) is 11.7 Å². The summed E-state index contributed by atoms with van der Waals surface area (Å²) in [5, 5.41) is 4.09. The van der Waals surface area contributed by atoms with Crippen molar-refractivity contribution in [2.75, 3.05) is 11.9 Å². The molecule has 1 unspecified atom stereocenters. The van der Waals surface area contributed by atoms with Gasteiger partial charge in [-0.3, -0.25) is 0 Å². The van der Waals surface area contributed by atoms with E-state index in [1.54, 1.807) is 0 Å². The lowest BCUT2D eigenvalue weighted by atomic mass is 10.1. The number of rotatable bonds is 5. The summed E-state index contributed by atoms with van der Waals surface area (Å²) in [7, 11) is 0. The van der Waals surface area contributed by atoms with E-state index in [0.717, 1.165) is 17.5 Å². The van der Waals surface area contributed by atoms with E-state index in [-0.39, 0.29) is 6.04 Å². The van der Waals surface area contributed by atoms with Crippen molar-refractivity contribution in [3.05, 3.63) is 5.82 Å². The van der Waals surface area contributed by atoms with E-state index in [1.807, 2.05) is 0 Å². The lowest BCUT2D eigenvalue weighted by Gasteiger charge is -2.15. The van der Waals surface area contributed by atoms with E-state index < -0.39 is 0 Å². The van der Waals surface area contributed by atoms with Crippen LogP contribution in [0.3, 0.4) is 0 Å². The predicted molar refractivity (Wildman–Crippen MR) is 65.3 cm³/mol. The minimum atomic E-state index is 0.163. The van der Waals surface area contributed by atoms with E-state index in [1.165, 1.54) is 11.5 Å². The van der Waals surface area contributed by atoms with Crippen LogP contribution in [0.25, 0.3) is 0 Å². The Morgan fingerprint density at radius 3 is 2.47 bits per heavy atom. The molecule has 3 N–H and O–H groups in total. The third-order valence-corrected chi connectivity index (χ3v) is 2.99. The fraction of sp³-hybridized carbons (Fsp3) is 0.800. The zero-order valence-corrected chi connectivity index (χ0v) is 10.6. The third-order valence-electron chi connectivity index (χ3n) is 2.30. The zero-order valence-electron chi connectivity index (χ0n) is 9.82. The molecule has 0 aliphatic carbocycles. The fourth-order valence-electron chi connectivity index (χ4n) is 0.982. The number of anilines is 1. The molecule has 0 aliphatic heterocycles. The molecule has 0 fully saturated rings. The van der Waals surface area contributed by atoms with Crippen LogP contribution in [0.5, 0.6) is 0 Å². The summed E-state index contributed by atoms with van der Waals surface area (Å²) < 4.78 is 4.27. The van der Waals surface area contributed by atoms with Crippen LogP contribution in [0.15, 0.2) is 0 Å². The molecule has 0 spiro atoms. The molecule has 1 atom stereocenters. The molecule has 0 amide bonds. The van der Waals surface area contributed by atoms with Crippen LogP contribution in [-0.2, 0) is 0 Å². The van der Waals surface area contributed by atoms with Crippen molar-refractivity contribution in [1.82, 2.24) is 9.36 Å². The number of hydrogen-bond donors (Lipinski definition) is 2. The van der Waals surface area contributed by atoms with E-state index in [0.29, 0.717) is 11.8 Å². The van der Waals surface area contributed by atoms with Crippen molar-refractivity contribution < 1.29 is 0 Å². The summed E-state index contributed by atoms with van der Waals surface area (Å²) in [5.41, 5.74) is 5.92. The summed E-state index contributed by atoms with van der Waals surface area (Å²) in [6.45, 7) is 9.17. The summed E-state index contributed by atoms with van der Waals surface area (Å²) in [4.78, 5) is 4.38. The maximum absolute atomic E-state index is 5.92. The third kappa shape index (κ3) is 3.76. The molecule has 0 radical (unpaired) electrons. The Kier molecular flexibility index (Phi) is 4.47. The molecule has 1 aromatic heterocycles. The van der Waals surface area contributed by atoms with Gasteiger partial charge in [0.05, 0.1) is 0 Å². The van der Waals surface area contributed by atoms with Gasteiger partial charge in [-0.2, -0.15) is 4.37 Å². The quantitative estimate of drug-likeness (QED) is 0.809. The highest BCUT2D eigenvalue weighted by Crippen LogP contribution is 2.17. The highest BCUT2D eigenvalue weighted by Gasteiger charge is 2.10. The first kappa shape index (κ1) is 12.4. The normalized spacial score (nSPS) is 13.5. The second-order valence-electron chi connectivity index (χ2n) is 4.40. The second kappa shape index (κ2) is 5.42. The molecule has 15 heavy (non-hydrogen) atoms. The first-order valence-electron chi connectivity index (χ1n) is 5.33. The molecule has 0 bridgehead atoms. The molecule has 0 saturated heterocycles. The summed E-state index contributed by atoms with van der Waals surface area (Å²) in [6.07, 6.45) is 0. The van der Waals surface area contributed by atoms with Gasteiger partial charge < -0.3 is 11.1 Å². The fourth-order valence-corrected chi connectivity index (χ4v) is 1.70. The van der Waals surface area contributed by atoms with Gasteiger partial charge in [-0.25, -0.2) is 4.98 Å². The lowest BCUT2D eigenvalue weighted by molar-refractivity contribution is 0.511. The molecular weight excluding hydrogens is 208 g/mol. The molecule has 86 valence electrons. The van der Waals surface area contributed by atoms with Gasteiger partial charge in [0.25, 0.3) is 0 Å². The number of hydrogen-bond acceptors (Lipinski definition) is 5. The maximum Gasteiger partial charge on any atom is 0.202 e. The van der Waals surface area contributed by atoms with E-state index in [9.17, 15) is 0 Å². The van der Waals surface area contributed by atoms with Gasteiger partial charge in [0, 0.05) is 30.0 Å². The van der Waals surface area contributed by atoms with Gasteiger partial charge in [-0.15, -0.1) is 0 Å². The molecular formula is C10H20N4S. The monoisotopic (exact) mass is 228 g/mol. The van der Waals surface area contributed by atoms with Gasteiger partial charge in [-0.1, -0.05) is 27.7 Å². The smallest absolute Gasteiger partial charge is 0.202 e. The molecule has 1 rings (SSSR count). The maximum atomic E-state index is 5.92. The second-order valence-corrected chi connectivity index (χ2v) is 5.15. The Bertz CT molecular complexity index is 295. The van der Waals surface area contributed by atoms with Crippen molar-refractivity contribution in [1.29, 1.82) is 0 Å². The first-order valence-corrected chi connectivity index (χ1v) is 6.11. The standard InChI is InChI=1S/C10H20N4S/c1-6(2)8(11)5-12-10-13-9(7(3)4)14-15-10/h6-8H,5,11H2,1-4H3,(H,12,13,14). The number of aromatic nitrogens is 2. The van der Waals surface area contributed by atoms with E-state index in [4.69, 9.17) is 5.73 Å². The topological polar surface area (TPSA) is 63.8 Å². The van der Waals surface area contributed by atoms with Crippen LogP contribution < -0.4 is 11.1 Å². The summed E-state index contributed by atoms with van der Waals surface area (Å²) in [6, 6.07) is 0.163. The molecule has 0 aromatic carbocycles. The van der Waals surface area contributed by atoms with Gasteiger partial charge in [0.15, 0.2) is 0 Å². The molecule has 0 aliphatic rings. The zero-order chi connectivity index (χ0) is 11.4. The van der Waals surface area contributed by atoms with Crippen molar-refractivity contribution >= 4 is 16.7 Å². The molecule has 1 aromatic rings. The van der Waals surface area contributed by atoms with E-state index >= 15 is 0 Å². The Balaban J connectivity index is 2.44. The number of nitrogens with zero attached hydrogens (tertiary/aromatic N) is 2. The minimum absolute atomic E-state index is 0.163. The molecule has 0 saturated carbocycles. The average Bonchev–Trinajstić information content (AvgIpc) is 2.62. The first-order chi connectivity index (χ1) is 7.00. The van der Waals surface area contributed by atoms with Gasteiger partial charge in [0.1, 0.15) is 5.82 Å². The molecule has 4 nitrogen and oxygen atoms in total. The van der Waals surface area contributed by atoms with Crippen LogP contribution >= 0.6 is 11.5 Å². The van der Waals surface area contributed by atoms with Crippen LogP contribution in [0, 0.1) is 5.92 Å². The Labute approximate surface area is 95.5 Å². The number of nitrogens with two attached hydrogens (primary N) is 1. The Morgan fingerprint density at radius 2 is 2.00 bits per heavy atom. The highest BCUT2D eigenvalue weighted by molar-refractivity contribution is 7.09. The van der Waals surface area contributed by atoms with Gasteiger partial charge in [-0.05, 0) is 5.92 Å². The largest absolute Gasteiger partial charge is 0.359 e. The van der Waals surface area contributed by atoms with Gasteiger partial charge >= 0.3 is 0 Å². The van der Waals surface area contributed by atoms with Crippen LogP contribution in [-0.4, -0.2) is 21.9 Å². The van der Waals surface area contributed by atoms with Gasteiger partial charge in [0.2, 0.25) is 5.13 Å².